The first-order chi connectivity index (χ1) is 8.29. The van der Waals surface area contributed by atoms with Gasteiger partial charge in [-0.3, -0.25) is 4.79 Å². The number of thiophene rings is 1. The van der Waals surface area contributed by atoms with Crippen molar-refractivity contribution >= 4 is 23.2 Å². The van der Waals surface area contributed by atoms with Crippen LogP contribution >= 0.6 is 11.3 Å². The van der Waals surface area contributed by atoms with Crippen LogP contribution in [0.25, 0.3) is 6.08 Å². The van der Waals surface area contributed by atoms with Crippen molar-refractivity contribution < 1.29 is 4.79 Å². The van der Waals surface area contributed by atoms with E-state index in [4.69, 9.17) is 5.26 Å². The van der Waals surface area contributed by atoms with Crippen molar-refractivity contribution in [1.82, 2.24) is 0 Å². The van der Waals surface area contributed by atoms with E-state index < -0.39 is 0 Å². The molecule has 0 atom stereocenters. The number of hydrogen-bond donors (Lipinski definition) is 0. The highest BCUT2D eigenvalue weighted by atomic mass is 32.1. The molecule has 2 nitrogen and oxygen atoms in total. The number of nitrogens with zero attached hydrogens (tertiary/aromatic N) is 1. The predicted molar refractivity (Wildman–Crippen MR) is 68.8 cm³/mol. The van der Waals surface area contributed by atoms with Crippen LogP contribution < -0.4 is 0 Å². The fraction of sp³-hybridized carbons (Fsp3) is 0. The maximum absolute atomic E-state index is 11.8. The van der Waals surface area contributed by atoms with Gasteiger partial charge in [-0.1, -0.05) is 6.08 Å². The Morgan fingerprint density at radius 1 is 1.24 bits per heavy atom. The van der Waals surface area contributed by atoms with Gasteiger partial charge in [0.2, 0.25) is 0 Å². The minimum Gasteiger partial charge on any atom is -0.289 e. The molecule has 1 aromatic carbocycles. The highest BCUT2D eigenvalue weighted by molar-refractivity contribution is 7.08. The highest BCUT2D eigenvalue weighted by Crippen LogP contribution is 2.10. The first-order valence-corrected chi connectivity index (χ1v) is 5.98. The van der Waals surface area contributed by atoms with E-state index in [2.05, 4.69) is 0 Å². The van der Waals surface area contributed by atoms with Crippen LogP contribution in [0.5, 0.6) is 0 Å². The molecule has 0 N–H and O–H groups in total. The van der Waals surface area contributed by atoms with Crippen LogP contribution in [0, 0.1) is 11.3 Å². The monoisotopic (exact) mass is 239 g/mol. The third-order valence-corrected chi connectivity index (χ3v) is 2.97. The Balaban J connectivity index is 2.12. The number of hydrogen-bond acceptors (Lipinski definition) is 3. The number of rotatable bonds is 3. The van der Waals surface area contributed by atoms with Gasteiger partial charge in [0.05, 0.1) is 11.6 Å². The van der Waals surface area contributed by atoms with Crippen LogP contribution in [-0.4, -0.2) is 5.78 Å². The topological polar surface area (TPSA) is 40.9 Å². The van der Waals surface area contributed by atoms with Gasteiger partial charge in [0.25, 0.3) is 0 Å². The summed E-state index contributed by atoms with van der Waals surface area (Å²) in [5, 5.41) is 12.6. The summed E-state index contributed by atoms with van der Waals surface area (Å²) >= 11 is 1.59. The van der Waals surface area contributed by atoms with Crippen molar-refractivity contribution in [1.29, 1.82) is 5.26 Å². The fourth-order valence-electron chi connectivity index (χ4n) is 1.35. The molecule has 82 valence electrons. The minimum atomic E-state index is -0.0549. The normalized spacial score (nSPS) is 10.3. The summed E-state index contributed by atoms with van der Waals surface area (Å²) in [6.45, 7) is 0. The summed E-state index contributed by atoms with van der Waals surface area (Å²) in [6, 6.07) is 10.6. The van der Waals surface area contributed by atoms with Crippen molar-refractivity contribution in [2.75, 3.05) is 0 Å². The molecule has 3 heteroatoms. The van der Waals surface area contributed by atoms with Gasteiger partial charge >= 0.3 is 0 Å². The van der Waals surface area contributed by atoms with E-state index in [9.17, 15) is 4.79 Å². The van der Waals surface area contributed by atoms with Gasteiger partial charge in [0.1, 0.15) is 0 Å². The van der Waals surface area contributed by atoms with E-state index in [0.717, 1.165) is 5.56 Å². The quantitative estimate of drug-likeness (QED) is 0.607. The lowest BCUT2D eigenvalue weighted by molar-refractivity contribution is 0.104. The summed E-state index contributed by atoms with van der Waals surface area (Å²) in [5.41, 5.74) is 2.18. The molecule has 0 aliphatic heterocycles. The second-order valence-electron chi connectivity index (χ2n) is 3.44. The lowest BCUT2D eigenvalue weighted by atomic mass is 10.1. The van der Waals surface area contributed by atoms with Gasteiger partial charge < -0.3 is 0 Å². The van der Waals surface area contributed by atoms with Crippen LogP contribution in [0.3, 0.4) is 0 Å². The molecule has 0 fully saturated rings. The van der Waals surface area contributed by atoms with Crippen molar-refractivity contribution in [2.45, 2.75) is 0 Å². The van der Waals surface area contributed by atoms with Gasteiger partial charge in [-0.2, -0.15) is 16.6 Å². The Labute approximate surface area is 103 Å². The third kappa shape index (κ3) is 2.90. The van der Waals surface area contributed by atoms with Gasteiger partial charge in [0, 0.05) is 5.56 Å². The number of allylic oxidation sites excluding steroid dienone is 1. The zero-order chi connectivity index (χ0) is 12.1. The van der Waals surface area contributed by atoms with Crippen LogP contribution in [0.1, 0.15) is 21.5 Å². The zero-order valence-corrected chi connectivity index (χ0v) is 9.78. The number of nitriles is 1. The minimum absolute atomic E-state index is 0.0549. The van der Waals surface area contributed by atoms with Crippen LogP contribution in [0.2, 0.25) is 0 Å². The number of ketones is 1. The Hall–Kier alpha value is -2.18. The maximum Gasteiger partial charge on any atom is 0.185 e. The number of benzene rings is 1. The molecule has 1 heterocycles. The third-order valence-electron chi connectivity index (χ3n) is 2.27. The molecule has 2 rings (SSSR count). The van der Waals surface area contributed by atoms with E-state index in [-0.39, 0.29) is 5.78 Å². The van der Waals surface area contributed by atoms with Gasteiger partial charge in [-0.15, -0.1) is 0 Å². The molecule has 0 aliphatic carbocycles. The van der Waals surface area contributed by atoms with E-state index in [1.807, 2.05) is 22.9 Å². The molecule has 1 aromatic heterocycles. The molecule has 0 unspecified atom stereocenters. The van der Waals surface area contributed by atoms with E-state index >= 15 is 0 Å². The largest absolute Gasteiger partial charge is 0.289 e. The van der Waals surface area contributed by atoms with Gasteiger partial charge in [-0.05, 0) is 52.7 Å². The molecule has 0 saturated heterocycles. The van der Waals surface area contributed by atoms with E-state index in [0.29, 0.717) is 11.1 Å². The van der Waals surface area contributed by atoms with E-state index in [1.165, 1.54) is 0 Å². The summed E-state index contributed by atoms with van der Waals surface area (Å²) < 4.78 is 0. The van der Waals surface area contributed by atoms with Gasteiger partial charge in [0.15, 0.2) is 5.78 Å². The first-order valence-electron chi connectivity index (χ1n) is 5.04. The zero-order valence-electron chi connectivity index (χ0n) is 8.96. The number of carbonyl (C=O) groups is 1. The average Bonchev–Trinajstić information content (AvgIpc) is 2.89. The second-order valence-corrected chi connectivity index (χ2v) is 4.22. The summed E-state index contributed by atoms with van der Waals surface area (Å²) in [4.78, 5) is 11.8. The Morgan fingerprint density at radius 2 is 2.00 bits per heavy atom. The van der Waals surface area contributed by atoms with Crippen molar-refractivity contribution in [3.8, 4) is 6.07 Å². The van der Waals surface area contributed by atoms with Crippen molar-refractivity contribution in [3.05, 3.63) is 63.9 Å². The SMILES string of the molecule is N#Cc1ccc(C(=O)/C=C/c2ccsc2)cc1. The maximum atomic E-state index is 11.8. The standard InChI is InChI=1S/C14H9NOS/c15-9-11-1-4-13(5-2-11)14(16)6-3-12-7-8-17-10-12/h1-8,10H/b6-3+. The van der Waals surface area contributed by atoms with Crippen molar-refractivity contribution in [2.24, 2.45) is 0 Å². The summed E-state index contributed by atoms with van der Waals surface area (Å²) in [6.07, 6.45) is 3.33. The predicted octanol–water partition coefficient (Wildman–Crippen LogP) is 3.52. The molecule has 0 radical (unpaired) electrons. The number of carbonyl (C=O) groups excluding carboxylic acids is 1. The molecule has 0 spiro atoms. The summed E-state index contributed by atoms with van der Waals surface area (Å²) in [7, 11) is 0. The Morgan fingerprint density at radius 3 is 2.59 bits per heavy atom. The fourth-order valence-corrected chi connectivity index (χ4v) is 1.98. The second kappa shape index (κ2) is 5.24. The average molecular weight is 239 g/mol. The highest BCUT2D eigenvalue weighted by Gasteiger charge is 2.01. The molecule has 0 aliphatic rings. The Bertz CT molecular complexity index is 574. The summed E-state index contributed by atoms with van der Waals surface area (Å²) in [5.74, 6) is -0.0549. The van der Waals surface area contributed by atoms with Crippen LogP contribution in [-0.2, 0) is 0 Å². The Kier molecular flexibility index (Phi) is 3.49. The van der Waals surface area contributed by atoms with Crippen LogP contribution in [0.4, 0.5) is 0 Å². The molecule has 0 amide bonds. The lowest BCUT2D eigenvalue weighted by Crippen LogP contribution is -1.93. The van der Waals surface area contributed by atoms with E-state index in [1.54, 1.807) is 47.8 Å². The molecule has 17 heavy (non-hydrogen) atoms. The lowest BCUT2D eigenvalue weighted by Gasteiger charge is -1.95. The molecular weight excluding hydrogens is 230 g/mol. The van der Waals surface area contributed by atoms with Crippen molar-refractivity contribution in [3.63, 3.8) is 0 Å². The first kappa shape index (κ1) is 11.3. The molecule has 2 aromatic rings. The molecule has 0 bridgehead atoms. The molecular formula is C14H9NOS. The van der Waals surface area contributed by atoms with Gasteiger partial charge in [-0.25, -0.2) is 0 Å². The molecule has 0 saturated carbocycles. The smallest absolute Gasteiger partial charge is 0.185 e. The van der Waals surface area contributed by atoms with Crippen LogP contribution in [0.15, 0.2) is 47.2 Å².